The number of methoxy groups -OCH3 is 1. The van der Waals surface area contributed by atoms with Crippen molar-refractivity contribution in [2.75, 3.05) is 7.11 Å². The van der Waals surface area contributed by atoms with Gasteiger partial charge in [-0.1, -0.05) is 0 Å². The van der Waals surface area contributed by atoms with Gasteiger partial charge in [-0.3, -0.25) is 4.79 Å². The van der Waals surface area contributed by atoms with Crippen LogP contribution in [0.2, 0.25) is 0 Å². The maximum atomic E-state index is 11.5. The van der Waals surface area contributed by atoms with E-state index in [0.29, 0.717) is 10.9 Å². The van der Waals surface area contributed by atoms with Crippen molar-refractivity contribution in [3.63, 3.8) is 0 Å². The third-order valence-corrected chi connectivity index (χ3v) is 2.85. The molecule has 0 saturated carbocycles. The zero-order valence-electron chi connectivity index (χ0n) is 10.6. The van der Waals surface area contributed by atoms with Gasteiger partial charge in [-0.2, -0.15) is 0 Å². The Kier molecular flexibility index (Phi) is 3.62. The van der Waals surface area contributed by atoms with Crippen molar-refractivity contribution in [3.8, 4) is 11.5 Å². The molecule has 1 aromatic heterocycles. The van der Waals surface area contributed by atoms with E-state index in [1.165, 1.54) is 25.3 Å². The second kappa shape index (κ2) is 5.22. The van der Waals surface area contributed by atoms with Gasteiger partial charge in [0.25, 0.3) is 0 Å². The van der Waals surface area contributed by atoms with E-state index in [1.807, 2.05) is 0 Å². The van der Waals surface area contributed by atoms with E-state index in [-0.39, 0.29) is 23.5 Å². The third-order valence-electron chi connectivity index (χ3n) is 2.85. The monoisotopic (exact) mass is 279 g/mol. The van der Waals surface area contributed by atoms with E-state index in [2.05, 4.69) is 0 Å². The van der Waals surface area contributed by atoms with Crippen molar-refractivity contribution in [1.29, 1.82) is 0 Å². The molecule has 1 aromatic carbocycles. The summed E-state index contributed by atoms with van der Waals surface area (Å²) in [6, 6.07) is 2.62. The summed E-state index contributed by atoms with van der Waals surface area (Å²) in [6.45, 7) is 0. The van der Waals surface area contributed by atoms with Gasteiger partial charge < -0.3 is 25.1 Å². The average molecular weight is 279 g/mol. The number of carboxylic acid groups (broad SMARTS) is 1. The Balaban J connectivity index is 2.69. The van der Waals surface area contributed by atoms with Crippen LogP contribution in [-0.4, -0.2) is 29.3 Å². The summed E-state index contributed by atoms with van der Waals surface area (Å²) >= 11 is 0. The third kappa shape index (κ3) is 2.57. The van der Waals surface area contributed by atoms with Gasteiger partial charge in [-0.05, 0) is 12.0 Å². The highest BCUT2D eigenvalue weighted by molar-refractivity contribution is 5.89. The first-order valence-electron chi connectivity index (χ1n) is 5.74. The number of phenolic OH excluding ortho intramolecular Hbond substituents is 1. The number of carbonyl (C=O) groups is 1. The molecule has 0 spiro atoms. The van der Waals surface area contributed by atoms with E-state index in [4.69, 9.17) is 20.0 Å². The second-order valence-electron chi connectivity index (χ2n) is 4.26. The fraction of sp³-hybridized carbons (Fsp3) is 0.231. The van der Waals surface area contributed by atoms with Crippen LogP contribution in [0.25, 0.3) is 11.0 Å². The molecule has 20 heavy (non-hydrogen) atoms. The molecule has 0 aliphatic rings. The van der Waals surface area contributed by atoms with E-state index in [9.17, 15) is 14.7 Å². The van der Waals surface area contributed by atoms with Gasteiger partial charge in [0.2, 0.25) is 0 Å². The molecule has 0 amide bonds. The Labute approximate surface area is 113 Å². The summed E-state index contributed by atoms with van der Waals surface area (Å²) in [5.41, 5.74) is 5.34. The summed E-state index contributed by atoms with van der Waals surface area (Å²) in [7, 11) is 1.39. The van der Waals surface area contributed by atoms with E-state index < -0.39 is 17.6 Å². The molecule has 106 valence electrons. The molecule has 0 aliphatic carbocycles. The van der Waals surface area contributed by atoms with Crippen LogP contribution in [0, 0.1) is 0 Å². The smallest absolute Gasteiger partial charge is 0.336 e. The van der Waals surface area contributed by atoms with Gasteiger partial charge in [0.15, 0.2) is 0 Å². The molecular formula is C13H13NO6. The molecule has 2 rings (SSSR count). The summed E-state index contributed by atoms with van der Waals surface area (Å²) in [4.78, 5) is 22.3. The van der Waals surface area contributed by atoms with Crippen LogP contribution in [0.1, 0.15) is 5.56 Å². The number of ether oxygens (including phenoxy) is 1. The maximum Gasteiger partial charge on any atom is 0.336 e. The topological polar surface area (TPSA) is 123 Å². The number of nitrogens with two attached hydrogens (primary N) is 1. The van der Waals surface area contributed by atoms with Crippen molar-refractivity contribution >= 4 is 16.9 Å². The van der Waals surface area contributed by atoms with Crippen LogP contribution in [-0.2, 0) is 11.2 Å². The summed E-state index contributed by atoms with van der Waals surface area (Å²) in [5.74, 6) is -1.03. The molecule has 0 saturated heterocycles. The van der Waals surface area contributed by atoms with Crippen LogP contribution >= 0.6 is 0 Å². The second-order valence-corrected chi connectivity index (χ2v) is 4.26. The summed E-state index contributed by atoms with van der Waals surface area (Å²) in [6.07, 6.45) is -0.0570. The van der Waals surface area contributed by atoms with Crippen LogP contribution in [0.3, 0.4) is 0 Å². The Morgan fingerprint density at radius 3 is 2.75 bits per heavy atom. The Hall–Kier alpha value is -2.54. The molecule has 0 radical (unpaired) electrons. The number of hydrogen-bond donors (Lipinski definition) is 3. The predicted molar refractivity (Wildman–Crippen MR) is 70.0 cm³/mol. The first-order chi connectivity index (χ1) is 9.42. The SMILES string of the molecule is COc1cc(O)cc2oc(=O)cc(C[C@H](N)C(=O)O)c12. The molecule has 0 fully saturated rings. The molecule has 0 bridgehead atoms. The van der Waals surface area contributed by atoms with Crippen LogP contribution in [0.5, 0.6) is 11.5 Å². The average Bonchev–Trinajstić information content (AvgIpc) is 2.36. The zero-order valence-corrected chi connectivity index (χ0v) is 10.6. The highest BCUT2D eigenvalue weighted by Crippen LogP contribution is 2.32. The molecular weight excluding hydrogens is 266 g/mol. The first-order valence-corrected chi connectivity index (χ1v) is 5.74. The number of carboxylic acids is 1. The molecule has 4 N–H and O–H groups in total. The Morgan fingerprint density at radius 2 is 2.15 bits per heavy atom. The minimum atomic E-state index is -1.18. The Morgan fingerprint density at radius 1 is 1.45 bits per heavy atom. The lowest BCUT2D eigenvalue weighted by molar-refractivity contribution is -0.138. The van der Waals surface area contributed by atoms with Gasteiger partial charge in [-0.25, -0.2) is 4.79 Å². The molecule has 7 heteroatoms. The number of phenols is 1. The predicted octanol–water partition coefficient (Wildman–Crippen LogP) is 0.462. The molecule has 0 unspecified atom stereocenters. The van der Waals surface area contributed by atoms with Crippen LogP contribution in [0.4, 0.5) is 0 Å². The number of rotatable bonds is 4. The maximum absolute atomic E-state index is 11.5. The van der Waals surface area contributed by atoms with Crippen molar-refractivity contribution in [1.82, 2.24) is 0 Å². The molecule has 2 aromatic rings. The molecule has 1 heterocycles. The van der Waals surface area contributed by atoms with Crippen LogP contribution in [0.15, 0.2) is 27.4 Å². The van der Waals surface area contributed by atoms with Gasteiger partial charge in [0.05, 0.1) is 12.5 Å². The van der Waals surface area contributed by atoms with Crippen molar-refractivity contribution in [2.45, 2.75) is 12.5 Å². The van der Waals surface area contributed by atoms with Crippen LogP contribution < -0.4 is 16.1 Å². The number of benzene rings is 1. The first kappa shape index (κ1) is 13.9. The largest absolute Gasteiger partial charge is 0.508 e. The normalized spacial score (nSPS) is 12.3. The van der Waals surface area contributed by atoms with Gasteiger partial charge in [0.1, 0.15) is 23.1 Å². The van der Waals surface area contributed by atoms with Crippen molar-refractivity contribution in [3.05, 3.63) is 34.2 Å². The standard InChI is InChI=1S/C13H13NO6/c1-19-9-4-7(15)5-10-12(9)6(3-11(16)20-10)2-8(14)13(17)18/h3-5,8,15H,2,14H2,1H3,(H,17,18)/t8-/m0/s1. The lowest BCUT2D eigenvalue weighted by Crippen LogP contribution is -2.32. The minimum absolute atomic E-state index is 0.0570. The summed E-state index contributed by atoms with van der Waals surface area (Å²) < 4.78 is 10.1. The fourth-order valence-electron chi connectivity index (χ4n) is 1.97. The molecule has 1 atom stereocenters. The van der Waals surface area contributed by atoms with Gasteiger partial charge in [-0.15, -0.1) is 0 Å². The number of aliphatic carboxylic acids is 1. The molecule has 7 nitrogen and oxygen atoms in total. The van der Waals surface area contributed by atoms with Gasteiger partial charge >= 0.3 is 11.6 Å². The lowest BCUT2D eigenvalue weighted by Gasteiger charge is -2.12. The zero-order chi connectivity index (χ0) is 14.9. The fourth-order valence-corrected chi connectivity index (χ4v) is 1.97. The highest BCUT2D eigenvalue weighted by Gasteiger charge is 2.18. The Bertz CT molecular complexity index is 721. The van der Waals surface area contributed by atoms with E-state index in [0.717, 1.165) is 0 Å². The lowest BCUT2D eigenvalue weighted by atomic mass is 10.0. The number of aromatic hydroxyl groups is 1. The molecule has 0 aliphatic heterocycles. The number of fused-ring (bicyclic) bond motifs is 1. The minimum Gasteiger partial charge on any atom is -0.508 e. The highest BCUT2D eigenvalue weighted by atomic mass is 16.5. The van der Waals surface area contributed by atoms with E-state index in [1.54, 1.807) is 0 Å². The van der Waals surface area contributed by atoms with Crippen molar-refractivity contribution < 1.29 is 24.2 Å². The summed E-state index contributed by atoms with van der Waals surface area (Å²) in [5, 5.41) is 18.8. The quantitative estimate of drug-likeness (QED) is 0.695. The number of hydrogen-bond acceptors (Lipinski definition) is 6. The van der Waals surface area contributed by atoms with Gasteiger partial charge in [0, 0.05) is 18.2 Å². The van der Waals surface area contributed by atoms with Crippen molar-refractivity contribution in [2.24, 2.45) is 5.73 Å². The van der Waals surface area contributed by atoms with E-state index >= 15 is 0 Å².